The van der Waals surface area contributed by atoms with Crippen LogP contribution in [0.4, 0.5) is 0 Å². The van der Waals surface area contributed by atoms with Gasteiger partial charge in [0.2, 0.25) is 0 Å². The standard InChI is InChI=1S/C20H24N6O3/c1-24-16-6-4-3-5-15(16)23-17(24)7-8-21-19(27)18-14(13-22-25(18)2)20(28)26-9-11-29-12-10-26/h3-6,13H,7-12H2,1-2H3,(H,21,27). The number of imidazole rings is 1. The van der Waals surface area contributed by atoms with Gasteiger partial charge in [-0.3, -0.25) is 14.3 Å². The topological polar surface area (TPSA) is 94.3 Å². The molecule has 9 heteroatoms. The smallest absolute Gasteiger partial charge is 0.270 e. The van der Waals surface area contributed by atoms with Crippen LogP contribution in [0.15, 0.2) is 30.5 Å². The lowest BCUT2D eigenvalue weighted by Gasteiger charge is -2.26. The fourth-order valence-electron chi connectivity index (χ4n) is 3.59. The number of nitrogens with zero attached hydrogens (tertiary/aromatic N) is 5. The SMILES string of the molecule is Cn1ncc(C(=O)N2CCOCC2)c1C(=O)NCCc1nc2ccccc2n1C. The molecule has 0 radical (unpaired) electrons. The molecule has 1 fully saturated rings. The Kier molecular flexibility index (Phi) is 5.30. The van der Waals surface area contributed by atoms with Gasteiger partial charge in [-0.25, -0.2) is 4.98 Å². The van der Waals surface area contributed by atoms with Gasteiger partial charge in [-0.05, 0) is 12.1 Å². The number of aromatic nitrogens is 4. The minimum atomic E-state index is -0.319. The number of benzene rings is 1. The molecule has 0 unspecified atom stereocenters. The van der Waals surface area contributed by atoms with Gasteiger partial charge in [-0.2, -0.15) is 5.10 Å². The molecular weight excluding hydrogens is 372 g/mol. The predicted molar refractivity (Wildman–Crippen MR) is 107 cm³/mol. The van der Waals surface area contributed by atoms with Gasteiger partial charge in [-0.15, -0.1) is 0 Å². The van der Waals surface area contributed by atoms with Crippen molar-refractivity contribution in [3.8, 4) is 0 Å². The summed E-state index contributed by atoms with van der Waals surface area (Å²) >= 11 is 0. The van der Waals surface area contributed by atoms with Gasteiger partial charge in [0.1, 0.15) is 11.5 Å². The lowest BCUT2D eigenvalue weighted by Crippen LogP contribution is -2.41. The van der Waals surface area contributed by atoms with E-state index in [0.29, 0.717) is 44.8 Å². The highest BCUT2D eigenvalue weighted by molar-refractivity contribution is 6.06. The minimum absolute atomic E-state index is 0.193. The molecular formula is C20H24N6O3. The van der Waals surface area contributed by atoms with Gasteiger partial charge < -0.3 is 19.5 Å². The summed E-state index contributed by atoms with van der Waals surface area (Å²) in [4.78, 5) is 31.9. The van der Waals surface area contributed by atoms with Gasteiger partial charge in [0, 0.05) is 40.2 Å². The number of rotatable bonds is 5. The summed E-state index contributed by atoms with van der Waals surface area (Å²) in [6.45, 7) is 2.45. The van der Waals surface area contributed by atoms with Crippen molar-refractivity contribution in [3.63, 3.8) is 0 Å². The Balaban J connectivity index is 1.44. The van der Waals surface area contributed by atoms with Crippen LogP contribution in [-0.2, 0) is 25.3 Å². The maximum atomic E-state index is 12.8. The maximum absolute atomic E-state index is 12.8. The quantitative estimate of drug-likeness (QED) is 0.687. The number of aryl methyl sites for hydroxylation is 2. The summed E-state index contributed by atoms with van der Waals surface area (Å²) in [7, 11) is 3.63. The zero-order valence-electron chi connectivity index (χ0n) is 16.6. The molecule has 3 heterocycles. The molecule has 1 saturated heterocycles. The van der Waals surface area contributed by atoms with Crippen molar-refractivity contribution < 1.29 is 14.3 Å². The molecule has 1 aliphatic heterocycles. The number of amides is 2. The Labute approximate surface area is 168 Å². The number of hydrogen-bond donors (Lipinski definition) is 1. The normalized spacial score (nSPS) is 14.3. The number of nitrogens with one attached hydrogen (secondary N) is 1. The number of morpholine rings is 1. The van der Waals surface area contributed by atoms with Gasteiger partial charge in [-0.1, -0.05) is 12.1 Å². The molecule has 1 aromatic carbocycles. The number of fused-ring (bicyclic) bond motifs is 1. The van der Waals surface area contributed by atoms with Crippen molar-refractivity contribution in [2.45, 2.75) is 6.42 Å². The van der Waals surface area contributed by atoms with Crippen molar-refractivity contribution in [3.05, 3.63) is 47.5 Å². The van der Waals surface area contributed by atoms with Crippen molar-refractivity contribution in [1.82, 2.24) is 29.5 Å². The first-order valence-electron chi connectivity index (χ1n) is 9.64. The van der Waals surface area contributed by atoms with Gasteiger partial charge in [0.15, 0.2) is 0 Å². The summed E-state index contributed by atoms with van der Waals surface area (Å²) in [5.74, 6) is 0.378. The van der Waals surface area contributed by atoms with Crippen molar-refractivity contribution >= 4 is 22.8 Å². The predicted octanol–water partition coefficient (Wildman–Crippen LogP) is 0.752. The molecule has 1 N–H and O–H groups in total. The third-order valence-electron chi connectivity index (χ3n) is 5.20. The third kappa shape index (κ3) is 3.73. The summed E-state index contributed by atoms with van der Waals surface area (Å²) in [6.07, 6.45) is 2.04. The van der Waals surface area contributed by atoms with E-state index in [1.165, 1.54) is 10.9 Å². The van der Waals surface area contributed by atoms with E-state index in [1.54, 1.807) is 11.9 Å². The molecule has 2 amide bonds. The van der Waals surface area contributed by atoms with Crippen LogP contribution < -0.4 is 5.32 Å². The maximum Gasteiger partial charge on any atom is 0.270 e. The average molecular weight is 396 g/mol. The monoisotopic (exact) mass is 396 g/mol. The molecule has 4 rings (SSSR count). The Morgan fingerprint density at radius 2 is 1.93 bits per heavy atom. The highest BCUT2D eigenvalue weighted by Gasteiger charge is 2.26. The fourth-order valence-corrected chi connectivity index (χ4v) is 3.59. The largest absolute Gasteiger partial charge is 0.378 e. The first kappa shape index (κ1) is 19.1. The van der Waals surface area contributed by atoms with Gasteiger partial charge >= 0.3 is 0 Å². The lowest BCUT2D eigenvalue weighted by atomic mass is 10.2. The molecule has 0 aliphatic carbocycles. The molecule has 3 aromatic rings. The Morgan fingerprint density at radius 3 is 2.69 bits per heavy atom. The summed E-state index contributed by atoms with van der Waals surface area (Å²) in [5, 5.41) is 7.02. The summed E-state index contributed by atoms with van der Waals surface area (Å²) in [5.41, 5.74) is 2.57. The highest BCUT2D eigenvalue weighted by atomic mass is 16.5. The summed E-state index contributed by atoms with van der Waals surface area (Å²) < 4.78 is 8.76. The van der Waals surface area contributed by atoms with E-state index in [-0.39, 0.29) is 17.5 Å². The zero-order chi connectivity index (χ0) is 20.4. The third-order valence-corrected chi connectivity index (χ3v) is 5.20. The zero-order valence-corrected chi connectivity index (χ0v) is 16.6. The fraction of sp³-hybridized carbons (Fsp3) is 0.400. The molecule has 0 bridgehead atoms. The Morgan fingerprint density at radius 1 is 1.17 bits per heavy atom. The van der Waals surface area contributed by atoms with Crippen LogP contribution in [0.5, 0.6) is 0 Å². The van der Waals surface area contributed by atoms with E-state index in [1.807, 2.05) is 35.9 Å². The summed E-state index contributed by atoms with van der Waals surface area (Å²) in [6, 6.07) is 7.92. The van der Waals surface area contributed by atoms with E-state index >= 15 is 0 Å². The number of ether oxygens (including phenoxy) is 1. The van der Waals surface area contributed by atoms with E-state index in [0.717, 1.165) is 16.9 Å². The van der Waals surface area contributed by atoms with Crippen molar-refractivity contribution in [2.24, 2.45) is 14.1 Å². The van der Waals surface area contributed by atoms with Gasteiger partial charge in [0.25, 0.3) is 11.8 Å². The molecule has 1 aliphatic rings. The number of hydrogen-bond acceptors (Lipinski definition) is 5. The first-order chi connectivity index (χ1) is 14.1. The highest BCUT2D eigenvalue weighted by Crippen LogP contribution is 2.15. The molecule has 29 heavy (non-hydrogen) atoms. The second-order valence-corrected chi connectivity index (χ2v) is 7.02. The average Bonchev–Trinajstić information content (AvgIpc) is 3.28. The van der Waals surface area contributed by atoms with E-state index < -0.39 is 0 Å². The first-order valence-corrected chi connectivity index (χ1v) is 9.64. The van der Waals surface area contributed by atoms with Crippen LogP contribution in [0.25, 0.3) is 11.0 Å². The molecule has 0 saturated carbocycles. The van der Waals surface area contributed by atoms with Crippen molar-refractivity contribution in [1.29, 1.82) is 0 Å². The lowest BCUT2D eigenvalue weighted by molar-refractivity contribution is 0.0301. The number of para-hydroxylation sites is 2. The van der Waals surface area contributed by atoms with E-state index in [2.05, 4.69) is 15.4 Å². The molecule has 152 valence electrons. The molecule has 2 aromatic heterocycles. The Bertz CT molecular complexity index is 1050. The van der Waals surface area contributed by atoms with Crippen molar-refractivity contribution in [2.75, 3.05) is 32.8 Å². The van der Waals surface area contributed by atoms with Gasteiger partial charge in [0.05, 0.1) is 36.0 Å². The van der Waals surface area contributed by atoms with Crippen LogP contribution in [0.1, 0.15) is 26.7 Å². The van der Waals surface area contributed by atoms with E-state index in [9.17, 15) is 9.59 Å². The number of carbonyl (C=O) groups excluding carboxylic acids is 2. The van der Waals surface area contributed by atoms with Crippen LogP contribution in [-0.4, -0.2) is 68.9 Å². The Hall–Kier alpha value is -3.20. The minimum Gasteiger partial charge on any atom is -0.378 e. The van der Waals surface area contributed by atoms with E-state index in [4.69, 9.17) is 4.74 Å². The van der Waals surface area contributed by atoms with Crippen LogP contribution in [0.3, 0.4) is 0 Å². The molecule has 0 atom stereocenters. The second-order valence-electron chi connectivity index (χ2n) is 7.02. The second kappa shape index (κ2) is 8.04. The van der Waals surface area contributed by atoms with Crippen LogP contribution in [0.2, 0.25) is 0 Å². The number of carbonyl (C=O) groups is 2. The molecule has 0 spiro atoms. The van der Waals surface area contributed by atoms with Crippen LogP contribution >= 0.6 is 0 Å². The van der Waals surface area contributed by atoms with Crippen LogP contribution in [0, 0.1) is 0 Å². The molecule has 9 nitrogen and oxygen atoms in total.